The normalized spacial score (nSPS) is 13.3. The summed E-state index contributed by atoms with van der Waals surface area (Å²) < 4.78 is 11.0. The largest absolute Gasteiger partial charge is 0.389 e. The van der Waals surface area contributed by atoms with Crippen LogP contribution in [0.15, 0.2) is 48.5 Å². The smallest absolute Gasteiger partial charge is 0.0897 e. The highest BCUT2D eigenvalue weighted by atomic mass is 35.5. The maximum absolute atomic E-state index is 9.95. The summed E-state index contributed by atoms with van der Waals surface area (Å²) >= 11 is 12.1. The summed E-state index contributed by atoms with van der Waals surface area (Å²) in [6.45, 7) is 3.37. The van der Waals surface area contributed by atoms with Crippen LogP contribution in [0.1, 0.15) is 11.1 Å². The summed E-state index contributed by atoms with van der Waals surface area (Å²) in [6, 6.07) is 15.0. The van der Waals surface area contributed by atoms with Crippen LogP contribution >= 0.6 is 23.2 Å². The fourth-order valence-corrected chi connectivity index (χ4v) is 3.05. The summed E-state index contributed by atoms with van der Waals surface area (Å²) in [7, 11) is 0. The molecule has 2 aromatic rings. The minimum absolute atomic E-state index is 0.229. The molecule has 0 spiro atoms. The van der Waals surface area contributed by atoms with Gasteiger partial charge in [-0.2, -0.15) is 0 Å². The van der Waals surface area contributed by atoms with E-state index in [1.807, 2.05) is 48.5 Å². The van der Waals surface area contributed by atoms with Crippen LogP contribution in [0.25, 0.3) is 0 Å². The van der Waals surface area contributed by atoms with E-state index >= 15 is 0 Å². The lowest BCUT2D eigenvalue weighted by Crippen LogP contribution is -2.37. The van der Waals surface area contributed by atoms with E-state index in [2.05, 4.69) is 10.6 Å². The Labute approximate surface area is 188 Å². The van der Waals surface area contributed by atoms with Gasteiger partial charge < -0.3 is 30.3 Å². The number of ether oxygens (including phenoxy) is 2. The molecule has 2 aromatic carbocycles. The molecule has 4 N–H and O–H groups in total. The zero-order valence-corrected chi connectivity index (χ0v) is 18.4. The third-order valence-corrected chi connectivity index (χ3v) is 5.03. The molecule has 0 unspecified atom stereocenters. The molecule has 2 atom stereocenters. The molecule has 0 bridgehead atoms. The fraction of sp³-hybridized carbons (Fsp3) is 0.455. The van der Waals surface area contributed by atoms with Crippen LogP contribution < -0.4 is 10.6 Å². The second kappa shape index (κ2) is 14.7. The SMILES string of the molecule is O[C@H](CNCCNC[C@@H](O)COCc1ccccc1Cl)COCc1ccccc1Cl. The number of hydrogen-bond acceptors (Lipinski definition) is 6. The lowest BCUT2D eigenvalue weighted by Gasteiger charge is -2.15. The van der Waals surface area contributed by atoms with E-state index in [4.69, 9.17) is 32.7 Å². The van der Waals surface area contributed by atoms with Gasteiger partial charge in [-0.1, -0.05) is 59.6 Å². The monoisotopic (exact) mass is 456 g/mol. The molecule has 0 aliphatic rings. The predicted molar refractivity (Wildman–Crippen MR) is 120 cm³/mol. The van der Waals surface area contributed by atoms with Crippen molar-refractivity contribution < 1.29 is 19.7 Å². The number of nitrogens with one attached hydrogen (secondary N) is 2. The highest BCUT2D eigenvalue weighted by Gasteiger charge is 2.07. The van der Waals surface area contributed by atoms with E-state index in [0.29, 0.717) is 49.4 Å². The van der Waals surface area contributed by atoms with Crippen LogP contribution in [0, 0.1) is 0 Å². The van der Waals surface area contributed by atoms with Crippen molar-refractivity contribution in [1.82, 2.24) is 10.6 Å². The van der Waals surface area contributed by atoms with E-state index in [1.165, 1.54) is 0 Å². The molecule has 0 fully saturated rings. The first-order chi connectivity index (χ1) is 14.6. The quantitative estimate of drug-likeness (QED) is 0.308. The van der Waals surface area contributed by atoms with Gasteiger partial charge in [0.05, 0.1) is 38.6 Å². The molecule has 0 saturated heterocycles. The Kier molecular flexibility index (Phi) is 12.3. The number of aliphatic hydroxyl groups is 2. The zero-order chi connectivity index (χ0) is 21.6. The molecule has 2 rings (SSSR count). The van der Waals surface area contributed by atoms with E-state index in [-0.39, 0.29) is 13.2 Å². The van der Waals surface area contributed by atoms with Gasteiger partial charge in [-0.15, -0.1) is 0 Å². The van der Waals surface area contributed by atoms with Gasteiger partial charge in [-0.3, -0.25) is 0 Å². The summed E-state index contributed by atoms with van der Waals surface area (Å²) in [6.07, 6.45) is -1.20. The van der Waals surface area contributed by atoms with E-state index in [1.54, 1.807) is 0 Å². The Morgan fingerprint density at radius 2 is 1.10 bits per heavy atom. The van der Waals surface area contributed by atoms with Gasteiger partial charge in [0, 0.05) is 36.2 Å². The molecule has 0 aliphatic heterocycles. The van der Waals surface area contributed by atoms with Crippen molar-refractivity contribution in [2.75, 3.05) is 39.4 Å². The molecule has 30 heavy (non-hydrogen) atoms. The van der Waals surface area contributed by atoms with Crippen molar-refractivity contribution in [2.24, 2.45) is 0 Å². The van der Waals surface area contributed by atoms with Crippen molar-refractivity contribution in [2.45, 2.75) is 25.4 Å². The van der Waals surface area contributed by atoms with Gasteiger partial charge in [0.15, 0.2) is 0 Å². The molecule has 0 heterocycles. The Balaban J connectivity index is 1.43. The second-order valence-electron chi connectivity index (χ2n) is 6.93. The molecule has 0 saturated carbocycles. The van der Waals surface area contributed by atoms with Crippen LogP contribution in [-0.4, -0.2) is 61.8 Å². The molecule has 0 aromatic heterocycles. The highest BCUT2D eigenvalue weighted by Crippen LogP contribution is 2.16. The van der Waals surface area contributed by atoms with Crippen molar-refractivity contribution in [3.05, 3.63) is 69.7 Å². The molecule has 6 nitrogen and oxygen atoms in total. The molecule has 0 aliphatic carbocycles. The minimum atomic E-state index is -0.601. The predicted octanol–water partition coefficient (Wildman–Crippen LogP) is 2.63. The lowest BCUT2D eigenvalue weighted by molar-refractivity contribution is 0.0274. The third-order valence-electron chi connectivity index (χ3n) is 4.29. The number of hydrogen-bond donors (Lipinski definition) is 4. The highest BCUT2D eigenvalue weighted by molar-refractivity contribution is 6.31. The number of rotatable bonds is 15. The second-order valence-corrected chi connectivity index (χ2v) is 7.74. The molecule has 8 heteroatoms. The van der Waals surface area contributed by atoms with E-state index < -0.39 is 12.2 Å². The van der Waals surface area contributed by atoms with Gasteiger partial charge in [-0.25, -0.2) is 0 Å². The van der Waals surface area contributed by atoms with Crippen LogP contribution in [0.3, 0.4) is 0 Å². The maximum Gasteiger partial charge on any atom is 0.0897 e. The fourth-order valence-electron chi connectivity index (χ4n) is 2.67. The Morgan fingerprint density at radius 3 is 1.50 bits per heavy atom. The Morgan fingerprint density at radius 1 is 0.700 bits per heavy atom. The molecule has 0 radical (unpaired) electrons. The maximum atomic E-state index is 9.95. The third kappa shape index (κ3) is 10.2. The van der Waals surface area contributed by atoms with Crippen LogP contribution in [0.4, 0.5) is 0 Å². The average molecular weight is 457 g/mol. The van der Waals surface area contributed by atoms with Gasteiger partial charge in [0.25, 0.3) is 0 Å². The summed E-state index contributed by atoms with van der Waals surface area (Å²) in [4.78, 5) is 0. The van der Waals surface area contributed by atoms with Gasteiger partial charge in [0.1, 0.15) is 0 Å². The topological polar surface area (TPSA) is 83.0 Å². The van der Waals surface area contributed by atoms with Gasteiger partial charge in [-0.05, 0) is 23.3 Å². The van der Waals surface area contributed by atoms with Crippen LogP contribution in [0.5, 0.6) is 0 Å². The van der Waals surface area contributed by atoms with Crippen molar-refractivity contribution in [1.29, 1.82) is 0 Å². The average Bonchev–Trinajstić information content (AvgIpc) is 2.73. The first kappa shape index (κ1) is 25.0. The molecule has 0 amide bonds. The van der Waals surface area contributed by atoms with Gasteiger partial charge in [0.2, 0.25) is 0 Å². The number of aliphatic hydroxyl groups excluding tert-OH is 2. The Bertz CT molecular complexity index is 674. The standard InChI is InChI=1S/C22H30Cl2N2O4/c23-21-7-3-1-5-17(21)13-29-15-19(27)11-25-9-10-26-12-20(28)16-30-14-18-6-2-4-8-22(18)24/h1-8,19-20,25-28H,9-16H2/t19-,20-/m1/s1. The number of halogens is 2. The lowest BCUT2D eigenvalue weighted by atomic mass is 10.2. The first-order valence-corrected chi connectivity index (χ1v) is 10.7. The van der Waals surface area contributed by atoms with Crippen LogP contribution in [-0.2, 0) is 22.7 Å². The Hall–Kier alpha value is -1.22. The first-order valence-electron chi connectivity index (χ1n) is 9.96. The van der Waals surface area contributed by atoms with Crippen molar-refractivity contribution in [3.63, 3.8) is 0 Å². The molecular weight excluding hydrogens is 427 g/mol. The van der Waals surface area contributed by atoms with E-state index in [0.717, 1.165) is 11.1 Å². The van der Waals surface area contributed by atoms with Crippen LogP contribution in [0.2, 0.25) is 10.0 Å². The summed E-state index contributed by atoms with van der Waals surface area (Å²) in [5.41, 5.74) is 1.80. The summed E-state index contributed by atoms with van der Waals surface area (Å²) in [5, 5.41) is 27.5. The molecule has 166 valence electrons. The van der Waals surface area contributed by atoms with Gasteiger partial charge >= 0.3 is 0 Å². The van der Waals surface area contributed by atoms with Crippen molar-refractivity contribution in [3.8, 4) is 0 Å². The molecular formula is C22H30Cl2N2O4. The number of benzene rings is 2. The van der Waals surface area contributed by atoms with E-state index in [9.17, 15) is 10.2 Å². The minimum Gasteiger partial charge on any atom is -0.389 e. The zero-order valence-electron chi connectivity index (χ0n) is 16.9. The van der Waals surface area contributed by atoms with Crippen molar-refractivity contribution >= 4 is 23.2 Å². The summed E-state index contributed by atoms with van der Waals surface area (Å²) in [5.74, 6) is 0.